The number of anilines is 1. The van der Waals surface area contributed by atoms with Crippen LogP contribution in [0.1, 0.15) is 18.1 Å². The van der Waals surface area contributed by atoms with Gasteiger partial charge in [-0.25, -0.2) is 8.42 Å². The smallest absolute Gasteiger partial charge is 0.242 e. The monoisotopic (exact) mass is 329 g/mol. The molecule has 1 aliphatic rings. The zero-order valence-electron chi connectivity index (χ0n) is 13.2. The Morgan fingerprint density at radius 1 is 1.13 bits per heavy atom. The highest BCUT2D eigenvalue weighted by Gasteiger charge is 2.33. The molecule has 0 saturated heterocycles. The highest BCUT2D eigenvalue weighted by Crippen LogP contribution is 2.32. The van der Waals surface area contributed by atoms with Gasteiger partial charge in [0.2, 0.25) is 5.91 Å². The van der Waals surface area contributed by atoms with E-state index in [1.807, 2.05) is 38.1 Å². The van der Waals surface area contributed by atoms with E-state index in [9.17, 15) is 13.2 Å². The first-order chi connectivity index (χ1) is 10.9. The molecule has 4 nitrogen and oxygen atoms in total. The summed E-state index contributed by atoms with van der Waals surface area (Å²) >= 11 is 0. The Morgan fingerprint density at radius 2 is 1.78 bits per heavy atom. The van der Waals surface area contributed by atoms with Crippen LogP contribution in [-0.2, 0) is 21.1 Å². The number of sulfone groups is 1. The molecule has 5 heteroatoms. The molecule has 0 N–H and O–H groups in total. The first kappa shape index (κ1) is 15.7. The summed E-state index contributed by atoms with van der Waals surface area (Å²) in [7, 11) is -3.63. The molecule has 1 atom stereocenters. The normalized spacial score (nSPS) is 17.1. The SMILES string of the molecule is Cc1ccc(S(=O)(=O)CC(=O)N2c3ccccc3C[C@H]2C)cc1. The highest BCUT2D eigenvalue weighted by molar-refractivity contribution is 7.92. The van der Waals surface area contributed by atoms with Crippen LogP contribution < -0.4 is 4.90 Å². The molecule has 120 valence electrons. The van der Waals surface area contributed by atoms with Gasteiger partial charge >= 0.3 is 0 Å². The van der Waals surface area contributed by atoms with Gasteiger partial charge in [-0.1, -0.05) is 35.9 Å². The second kappa shape index (κ2) is 5.81. The number of fused-ring (bicyclic) bond motifs is 1. The molecule has 1 amide bonds. The lowest BCUT2D eigenvalue weighted by Gasteiger charge is -2.22. The average molecular weight is 329 g/mol. The molecule has 0 fully saturated rings. The lowest BCUT2D eigenvalue weighted by molar-refractivity contribution is -0.116. The van der Waals surface area contributed by atoms with E-state index in [2.05, 4.69) is 0 Å². The fraction of sp³-hybridized carbons (Fsp3) is 0.278. The average Bonchev–Trinajstić information content (AvgIpc) is 2.83. The molecule has 0 aromatic heterocycles. The molecule has 0 bridgehead atoms. The number of amides is 1. The summed E-state index contributed by atoms with van der Waals surface area (Å²) in [6.45, 7) is 3.83. The van der Waals surface area contributed by atoms with Crippen molar-refractivity contribution in [2.45, 2.75) is 31.2 Å². The molecule has 3 rings (SSSR count). The Kier molecular flexibility index (Phi) is 3.98. The molecule has 0 radical (unpaired) electrons. The zero-order valence-corrected chi connectivity index (χ0v) is 14.0. The molecule has 23 heavy (non-hydrogen) atoms. The fourth-order valence-electron chi connectivity index (χ4n) is 3.01. The van der Waals surface area contributed by atoms with Gasteiger partial charge in [0.15, 0.2) is 9.84 Å². The lowest BCUT2D eigenvalue weighted by Crippen LogP contribution is -2.39. The Balaban J connectivity index is 1.86. The number of aryl methyl sites for hydroxylation is 1. The third-order valence-electron chi connectivity index (χ3n) is 4.17. The Morgan fingerprint density at radius 3 is 2.48 bits per heavy atom. The van der Waals surface area contributed by atoms with Crippen molar-refractivity contribution >= 4 is 21.4 Å². The van der Waals surface area contributed by atoms with Crippen LogP contribution in [0.4, 0.5) is 5.69 Å². The van der Waals surface area contributed by atoms with Crippen LogP contribution in [0.3, 0.4) is 0 Å². The topological polar surface area (TPSA) is 54.5 Å². The second-order valence-corrected chi connectivity index (χ2v) is 8.01. The molecule has 1 aliphatic heterocycles. The Labute approximate surface area is 136 Å². The number of nitrogens with zero attached hydrogens (tertiary/aromatic N) is 1. The predicted octanol–water partition coefficient (Wildman–Crippen LogP) is 2.75. The minimum absolute atomic E-state index is 0.0203. The van der Waals surface area contributed by atoms with Gasteiger partial charge in [-0.15, -0.1) is 0 Å². The van der Waals surface area contributed by atoms with Gasteiger partial charge in [-0.05, 0) is 44.0 Å². The standard InChI is InChI=1S/C18H19NO3S/c1-13-7-9-16(10-8-13)23(21,22)12-18(20)19-14(2)11-15-5-3-4-6-17(15)19/h3-10,14H,11-12H2,1-2H3/t14-/m1/s1. The first-order valence-electron chi connectivity index (χ1n) is 7.58. The maximum Gasteiger partial charge on any atom is 0.242 e. The number of benzene rings is 2. The fourth-order valence-corrected chi connectivity index (χ4v) is 4.19. The summed E-state index contributed by atoms with van der Waals surface area (Å²) in [5.74, 6) is -0.877. The third kappa shape index (κ3) is 3.01. The van der Waals surface area contributed by atoms with E-state index in [0.717, 1.165) is 23.2 Å². The van der Waals surface area contributed by atoms with Crippen molar-refractivity contribution in [1.82, 2.24) is 0 Å². The van der Waals surface area contributed by atoms with Gasteiger partial charge in [0.25, 0.3) is 0 Å². The molecule has 0 spiro atoms. The summed E-state index contributed by atoms with van der Waals surface area (Å²) in [5.41, 5.74) is 2.89. The van der Waals surface area contributed by atoms with Crippen LogP contribution in [0.5, 0.6) is 0 Å². The third-order valence-corrected chi connectivity index (χ3v) is 5.79. The van der Waals surface area contributed by atoms with E-state index in [1.54, 1.807) is 29.2 Å². The summed E-state index contributed by atoms with van der Waals surface area (Å²) < 4.78 is 25.0. The van der Waals surface area contributed by atoms with Crippen LogP contribution in [0.15, 0.2) is 53.4 Å². The number of rotatable bonds is 3. The van der Waals surface area contributed by atoms with E-state index in [0.29, 0.717) is 0 Å². The molecule has 2 aromatic rings. The number of carbonyl (C=O) groups excluding carboxylic acids is 1. The van der Waals surface area contributed by atoms with Gasteiger partial charge in [0, 0.05) is 11.7 Å². The van der Waals surface area contributed by atoms with Crippen LogP contribution >= 0.6 is 0 Å². The Hall–Kier alpha value is -2.14. The van der Waals surface area contributed by atoms with Crippen molar-refractivity contribution in [3.8, 4) is 0 Å². The predicted molar refractivity (Wildman–Crippen MR) is 90.3 cm³/mol. The van der Waals surface area contributed by atoms with Crippen molar-refractivity contribution in [3.05, 3.63) is 59.7 Å². The number of hydrogen-bond acceptors (Lipinski definition) is 3. The minimum atomic E-state index is -3.63. The van der Waals surface area contributed by atoms with Crippen molar-refractivity contribution in [2.75, 3.05) is 10.7 Å². The molecular formula is C18H19NO3S. The van der Waals surface area contributed by atoms with Gasteiger partial charge in [0.05, 0.1) is 4.90 Å². The van der Waals surface area contributed by atoms with E-state index >= 15 is 0 Å². The van der Waals surface area contributed by atoms with Crippen molar-refractivity contribution < 1.29 is 13.2 Å². The highest BCUT2D eigenvalue weighted by atomic mass is 32.2. The van der Waals surface area contributed by atoms with Crippen LogP contribution in [0.2, 0.25) is 0 Å². The van der Waals surface area contributed by atoms with Crippen molar-refractivity contribution in [2.24, 2.45) is 0 Å². The lowest BCUT2D eigenvalue weighted by atomic mass is 10.1. The second-order valence-electron chi connectivity index (χ2n) is 6.02. The first-order valence-corrected chi connectivity index (χ1v) is 9.23. The van der Waals surface area contributed by atoms with Gasteiger partial charge in [-0.2, -0.15) is 0 Å². The molecular weight excluding hydrogens is 310 g/mol. The Bertz CT molecular complexity index is 841. The van der Waals surface area contributed by atoms with Gasteiger partial charge in [-0.3, -0.25) is 4.79 Å². The van der Waals surface area contributed by atoms with Gasteiger partial charge in [0.1, 0.15) is 5.75 Å². The number of hydrogen-bond donors (Lipinski definition) is 0. The molecule has 2 aromatic carbocycles. The minimum Gasteiger partial charge on any atom is -0.308 e. The molecule has 0 unspecified atom stereocenters. The number of carbonyl (C=O) groups is 1. The van der Waals surface area contributed by atoms with Crippen molar-refractivity contribution in [1.29, 1.82) is 0 Å². The summed E-state index contributed by atoms with van der Waals surface area (Å²) in [4.78, 5) is 14.4. The van der Waals surface area contributed by atoms with E-state index in [-0.39, 0.29) is 16.8 Å². The summed E-state index contributed by atoms with van der Waals surface area (Å²) in [6, 6.07) is 14.2. The van der Waals surface area contributed by atoms with E-state index < -0.39 is 15.6 Å². The molecule has 0 aliphatic carbocycles. The van der Waals surface area contributed by atoms with Crippen LogP contribution in [-0.4, -0.2) is 26.1 Å². The summed E-state index contributed by atoms with van der Waals surface area (Å²) in [6.07, 6.45) is 0.756. The zero-order chi connectivity index (χ0) is 16.6. The van der Waals surface area contributed by atoms with Crippen LogP contribution in [0.25, 0.3) is 0 Å². The maximum atomic E-state index is 12.6. The molecule has 1 heterocycles. The largest absolute Gasteiger partial charge is 0.308 e. The van der Waals surface area contributed by atoms with E-state index in [1.165, 1.54) is 0 Å². The summed E-state index contributed by atoms with van der Waals surface area (Å²) in [5, 5.41) is 0. The quantitative estimate of drug-likeness (QED) is 0.870. The number of para-hydroxylation sites is 1. The van der Waals surface area contributed by atoms with Crippen molar-refractivity contribution in [3.63, 3.8) is 0 Å². The molecule has 0 saturated carbocycles. The maximum absolute atomic E-state index is 12.6. The van der Waals surface area contributed by atoms with E-state index in [4.69, 9.17) is 0 Å². The van der Waals surface area contributed by atoms with Crippen LogP contribution in [0, 0.1) is 6.92 Å². The van der Waals surface area contributed by atoms with Gasteiger partial charge < -0.3 is 4.90 Å².